The van der Waals surface area contributed by atoms with Gasteiger partial charge in [0.1, 0.15) is 11.6 Å². The number of benzene rings is 1. The van der Waals surface area contributed by atoms with Gasteiger partial charge in [0.25, 0.3) is 0 Å². The van der Waals surface area contributed by atoms with Gasteiger partial charge < -0.3 is 15.2 Å². The van der Waals surface area contributed by atoms with Crippen LogP contribution in [-0.4, -0.2) is 20.2 Å². The number of rotatable bonds is 2. The lowest BCUT2D eigenvalue weighted by molar-refractivity contribution is 0.277. The fraction of sp³-hybridized carbons (Fsp3) is 0.100. The van der Waals surface area contributed by atoms with Gasteiger partial charge in [0.05, 0.1) is 18.5 Å². The van der Waals surface area contributed by atoms with Gasteiger partial charge in [0.15, 0.2) is 0 Å². The number of aliphatic hydroxyl groups is 1. The maximum atomic E-state index is 9.08. The molecule has 0 amide bonds. The molecule has 0 fully saturated rings. The number of H-pyrrole nitrogens is 1. The van der Waals surface area contributed by atoms with Crippen molar-refractivity contribution in [3.05, 3.63) is 36.2 Å². The standard InChI is InChI=1S/C10H10N2O2/c13-6-8-5-11-10(12-8)7-1-3-9(14)4-2-7/h1-5,13-14H,6H2,(H,11,12). The Kier molecular flexibility index (Phi) is 2.20. The van der Waals surface area contributed by atoms with E-state index in [1.54, 1.807) is 30.5 Å². The fourth-order valence-electron chi connectivity index (χ4n) is 1.21. The van der Waals surface area contributed by atoms with E-state index in [0.29, 0.717) is 11.5 Å². The lowest BCUT2D eigenvalue weighted by Gasteiger charge is -1.96. The van der Waals surface area contributed by atoms with Crippen LogP contribution in [-0.2, 0) is 6.61 Å². The number of nitrogens with zero attached hydrogens (tertiary/aromatic N) is 1. The summed E-state index contributed by atoms with van der Waals surface area (Å²) in [5, 5.41) is 17.9. The molecule has 4 heteroatoms. The van der Waals surface area contributed by atoms with Gasteiger partial charge in [-0.3, -0.25) is 0 Å². The van der Waals surface area contributed by atoms with Crippen LogP contribution in [0.25, 0.3) is 11.4 Å². The molecule has 72 valence electrons. The second kappa shape index (κ2) is 3.51. The van der Waals surface area contributed by atoms with Gasteiger partial charge in [0, 0.05) is 5.56 Å². The third-order valence-corrected chi connectivity index (χ3v) is 1.94. The van der Waals surface area contributed by atoms with Crippen LogP contribution in [0.3, 0.4) is 0 Å². The van der Waals surface area contributed by atoms with Crippen molar-refractivity contribution in [2.24, 2.45) is 0 Å². The minimum atomic E-state index is -0.0505. The van der Waals surface area contributed by atoms with Crippen molar-refractivity contribution in [3.63, 3.8) is 0 Å². The van der Waals surface area contributed by atoms with Crippen molar-refractivity contribution < 1.29 is 10.2 Å². The van der Waals surface area contributed by atoms with E-state index in [-0.39, 0.29) is 12.4 Å². The summed E-state index contributed by atoms with van der Waals surface area (Å²) in [7, 11) is 0. The molecule has 4 nitrogen and oxygen atoms in total. The van der Waals surface area contributed by atoms with Gasteiger partial charge in [0.2, 0.25) is 0 Å². The quantitative estimate of drug-likeness (QED) is 0.668. The van der Waals surface area contributed by atoms with E-state index in [0.717, 1.165) is 5.56 Å². The minimum Gasteiger partial charge on any atom is -0.508 e. The van der Waals surface area contributed by atoms with Gasteiger partial charge in [-0.1, -0.05) is 0 Å². The van der Waals surface area contributed by atoms with Crippen molar-refractivity contribution in [1.29, 1.82) is 0 Å². The molecule has 0 unspecified atom stereocenters. The molecule has 0 atom stereocenters. The van der Waals surface area contributed by atoms with Crippen molar-refractivity contribution in [2.45, 2.75) is 6.61 Å². The Bertz CT molecular complexity index is 420. The van der Waals surface area contributed by atoms with Crippen LogP contribution in [0.5, 0.6) is 5.75 Å². The number of aliphatic hydroxyl groups excluding tert-OH is 1. The maximum absolute atomic E-state index is 9.08. The van der Waals surface area contributed by atoms with Crippen LogP contribution in [0.2, 0.25) is 0 Å². The van der Waals surface area contributed by atoms with Gasteiger partial charge in [-0.15, -0.1) is 0 Å². The van der Waals surface area contributed by atoms with Gasteiger partial charge >= 0.3 is 0 Å². The lowest BCUT2D eigenvalue weighted by atomic mass is 10.2. The van der Waals surface area contributed by atoms with Crippen molar-refractivity contribution >= 4 is 0 Å². The molecule has 0 bridgehead atoms. The average molecular weight is 190 g/mol. The summed E-state index contributed by atoms with van der Waals surface area (Å²) in [6, 6.07) is 6.71. The second-order valence-corrected chi connectivity index (χ2v) is 2.96. The molecule has 0 aliphatic carbocycles. The number of phenols is 1. The van der Waals surface area contributed by atoms with Crippen LogP contribution in [0.15, 0.2) is 30.5 Å². The predicted octanol–water partition coefficient (Wildman–Crippen LogP) is 1.27. The Morgan fingerprint density at radius 2 is 1.93 bits per heavy atom. The Morgan fingerprint density at radius 1 is 1.21 bits per heavy atom. The molecule has 0 spiro atoms. The topological polar surface area (TPSA) is 69.1 Å². The van der Waals surface area contributed by atoms with E-state index in [4.69, 9.17) is 10.2 Å². The highest BCUT2D eigenvalue weighted by Crippen LogP contribution is 2.18. The van der Waals surface area contributed by atoms with Crippen molar-refractivity contribution in [1.82, 2.24) is 9.97 Å². The second-order valence-electron chi connectivity index (χ2n) is 2.96. The summed E-state index contributed by atoms with van der Waals surface area (Å²) >= 11 is 0. The van der Waals surface area contributed by atoms with E-state index in [1.165, 1.54) is 0 Å². The van der Waals surface area contributed by atoms with Gasteiger partial charge in [-0.2, -0.15) is 0 Å². The highest BCUT2D eigenvalue weighted by atomic mass is 16.3. The summed E-state index contributed by atoms with van der Waals surface area (Å²) in [6.45, 7) is -0.0505. The lowest BCUT2D eigenvalue weighted by Crippen LogP contribution is -1.82. The number of aromatic nitrogens is 2. The molecular weight excluding hydrogens is 180 g/mol. The van der Waals surface area contributed by atoms with E-state index >= 15 is 0 Å². The molecule has 1 aromatic heterocycles. The molecule has 2 rings (SSSR count). The molecule has 0 aliphatic heterocycles. The zero-order valence-electron chi connectivity index (χ0n) is 7.44. The number of imidazole rings is 1. The van der Waals surface area contributed by atoms with E-state index in [1.807, 2.05) is 0 Å². The first-order valence-electron chi connectivity index (χ1n) is 4.24. The fourth-order valence-corrected chi connectivity index (χ4v) is 1.21. The smallest absolute Gasteiger partial charge is 0.137 e. The molecule has 0 saturated carbocycles. The molecule has 0 aliphatic rings. The normalized spacial score (nSPS) is 10.4. The first-order chi connectivity index (χ1) is 6.79. The highest BCUT2D eigenvalue weighted by Gasteiger charge is 2.02. The first kappa shape index (κ1) is 8.77. The Labute approximate surface area is 80.9 Å². The SMILES string of the molecule is OCc1cnc(-c2ccc(O)cc2)[nH]1. The van der Waals surface area contributed by atoms with Crippen LogP contribution < -0.4 is 0 Å². The Balaban J connectivity index is 2.34. The molecule has 1 aromatic carbocycles. The van der Waals surface area contributed by atoms with Crippen molar-refractivity contribution in [3.8, 4) is 17.1 Å². The van der Waals surface area contributed by atoms with E-state index < -0.39 is 0 Å². The largest absolute Gasteiger partial charge is 0.508 e. The number of hydrogen-bond donors (Lipinski definition) is 3. The molecule has 0 saturated heterocycles. The molecule has 3 N–H and O–H groups in total. The van der Waals surface area contributed by atoms with Crippen LogP contribution in [0, 0.1) is 0 Å². The first-order valence-corrected chi connectivity index (χ1v) is 4.24. The van der Waals surface area contributed by atoms with Crippen LogP contribution in [0.1, 0.15) is 5.69 Å². The summed E-state index contributed by atoms with van der Waals surface area (Å²) in [5.74, 6) is 0.914. The van der Waals surface area contributed by atoms with Crippen LogP contribution in [0.4, 0.5) is 0 Å². The highest BCUT2D eigenvalue weighted by molar-refractivity contribution is 5.56. The Hall–Kier alpha value is -1.81. The molecule has 2 aromatic rings. The minimum absolute atomic E-state index is 0.0505. The van der Waals surface area contributed by atoms with Crippen LogP contribution >= 0.6 is 0 Å². The third-order valence-electron chi connectivity index (χ3n) is 1.94. The molecule has 14 heavy (non-hydrogen) atoms. The summed E-state index contributed by atoms with van der Waals surface area (Å²) in [6.07, 6.45) is 1.59. The molecular formula is C10H10N2O2. The maximum Gasteiger partial charge on any atom is 0.137 e. The summed E-state index contributed by atoms with van der Waals surface area (Å²) in [5.41, 5.74) is 1.55. The van der Waals surface area contributed by atoms with Gasteiger partial charge in [-0.25, -0.2) is 4.98 Å². The number of aromatic hydroxyl groups is 1. The summed E-state index contributed by atoms with van der Waals surface area (Å²) < 4.78 is 0. The number of nitrogens with one attached hydrogen (secondary N) is 1. The Morgan fingerprint density at radius 3 is 2.50 bits per heavy atom. The monoisotopic (exact) mass is 190 g/mol. The predicted molar refractivity (Wildman–Crippen MR) is 51.6 cm³/mol. The van der Waals surface area contributed by atoms with Crippen molar-refractivity contribution in [2.75, 3.05) is 0 Å². The van der Waals surface area contributed by atoms with E-state index in [9.17, 15) is 0 Å². The zero-order chi connectivity index (χ0) is 9.97. The van der Waals surface area contributed by atoms with Gasteiger partial charge in [-0.05, 0) is 24.3 Å². The van der Waals surface area contributed by atoms with E-state index in [2.05, 4.69) is 9.97 Å². The molecule has 1 heterocycles. The summed E-state index contributed by atoms with van der Waals surface area (Å²) in [4.78, 5) is 7.05. The number of hydrogen-bond acceptors (Lipinski definition) is 3. The zero-order valence-corrected chi connectivity index (χ0v) is 7.44. The number of aromatic amines is 1. The third kappa shape index (κ3) is 1.60. The average Bonchev–Trinajstić information content (AvgIpc) is 2.67. The molecule has 0 radical (unpaired) electrons. The number of phenolic OH excluding ortho intramolecular Hbond substituents is 1.